The lowest BCUT2D eigenvalue weighted by atomic mass is 10.0. The van der Waals surface area contributed by atoms with Crippen molar-refractivity contribution in [3.05, 3.63) is 65.2 Å². The van der Waals surface area contributed by atoms with Crippen LogP contribution in [0.3, 0.4) is 0 Å². The molecule has 0 unspecified atom stereocenters. The van der Waals surface area contributed by atoms with Gasteiger partial charge in [0.05, 0.1) is 12.2 Å². The van der Waals surface area contributed by atoms with Crippen molar-refractivity contribution in [3.63, 3.8) is 0 Å². The summed E-state index contributed by atoms with van der Waals surface area (Å²) < 4.78 is 0. The molecule has 24 heavy (non-hydrogen) atoms. The number of para-hydroxylation sites is 1. The minimum atomic E-state index is 0.0333. The maximum atomic E-state index is 11.9. The average molecular weight is 321 g/mol. The number of amides is 1. The normalized spacial score (nSPS) is 10.8. The van der Waals surface area contributed by atoms with Gasteiger partial charge in [0.25, 0.3) is 0 Å². The van der Waals surface area contributed by atoms with Crippen molar-refractivity contribution in [1.29, 1.82) is 0 Å². The van der Waals surface area contributed by atoms with Gasteiger partial charge in [-0.25, -0.2) is 0 Å². The SMILES string of the molecule is CC.CC(=O)N1Cc2ccccc2C#Cc2ccccc21.CCC. The number of carbonyl (C=O) groups is 1. The van der Waals surface area contributed by atoms with Crippen LogP contribution in [-0.4, -0.2) is 5.91 Å². The average Bonchev–Trinajstić information content (AvgIpc) is 2.59. The van der Waals surface area contributed by atoms with Crippen LogP contribution < -0.4 is 4.90 Å². The fraction of sp³-hybridized carbons (Fsp3) is 0.318. The Morgan fingerprint density at radius 1 is 0.958 bits per heavy atom. The van der Waals surface area contributed by atoms with E-state index in [0.717, 1.165) is 22.4 Å². The molecule has 2 heteroatoms. The maximum Gasteiger partial charge on any atom is 0.224 e. The summed E-state index contributed by atoms with van der Waals surface area (Å²) in [6.45, 7) is 10.4. The predicted molar refractivity (Wildman–Crippen MR) is 103 cm³/mol. The molecule has 0 aromatic heterocycles. The Balaban J connectivity index is 0.000000521. The molecule has 0 saturated heterocycles. The number of fused-ring (bicyclic) bond motifs is 2. The summed E-state index contributed by atoms with van der Waals surface area (Å²) in [4.78, 5) is 13.7. The zero-order valence-electron chi connectivity index (χ0n) is 15.4. The molecule has 0 aliphatic carbocycles. The van der Waals surface area contributed by atoms with Gasteiger partial charge in [0.15, 0.2) is 0 Å². The third-order valence-electron chi connectivity index (χ3n) is 3.25. The molecular formula is C22H27NO. The molecule has 3 rings (SSSR count). The second kappa shape index (κ2) is 10.3. The van der Waals surface area contributed by atoms with Gasteiger partial charge in [-0.1, -0.05) is 76.3 Å². The molecule has 0 radical (unpaired) electrons. The summed E-state index contributed by atoms with van der Waals surface area (Å²) in [6, 6.07) is 15.7. The number of hydrogen-bond donors (Lipinski definition) is 0. The Morgan fingerprint density at radius 3 is 2.08 bits per heavy atom. The minimum absolute atomic E-state index is 0.0333. The number of nitrogens with zero attached hydrogens (tertiary/aromatic N) is 1. The standard InChI is InChI=1S/C17H13NO.C3H8.C2H6/c1-13(19)18-12-16-8-3-2-6-14(16)10-11-15-7-4-5-9-17(15)18;1-3-2;1-2/h2-9H,12H2,1H3;3H2,1-2H3;1-2H3. The van der Waals surface area contributed by atoms with Crippen molar-refractivity contribution < 1.29 is 4.79 Å². The van der Waals surface area contributed by atoms with E-state index in [1.807, 2.05) is 62.4 Å². The van der Waals surface area contributed by atoms with Crippen molar-refractivity contribution in [1.82, 2.24) is 0 Å². The van der Waals surface area contributed by atoms with E-state index in [0.29, 0.717) is 6.54 Å². The number of rotatable bonds is 0. The van der Waals surface area contributed by atoms with Crippen molar-refractivity contribution in [3.8, 4) is 11.8 Å². The first-order valence-corrected chi connectivity index (χ1v) is 8.64. The van der Waals surface area contributed by atoms with Crippen molar-refractivity contribution in [2.45, 2.75) is 47.6 Å². The van der Waals surface area contributed by atoms with Crippen LogP contribution in [0.5, 0.6) is 0 Å². The number of benzene rings is 2. The van der Waals surface area contributed by atoms with E-state index < -0.39 is 0 Å². The van der Waals surface area contributed by atoms with E-state index in [4.69, 9.17) is 0 Å². The summed E-state index contributed by atoms with van der Waals surface area (Å²) in [5, 5.41) is 0. The molecule has 2 aromatic carbocycles. The van der Waals surface area contributed by atoms with E-state index in [9.17, 15) is 4.79 Å². The van der Waals surface area contributed by atoms with Crippen molar-refractivity contribution >= 4 is 11.6 Å². The highest BCUT2D eigenvalue weighted by molar-refractivity contribution is 5.93. The van der Waals surface area contributed by atoms with E-state index >= 15 is 0 Å². The van der Waals surface area contributed by atoms with Gasteiger partial charge in [-0.15, -0.1) is 0 Å². The molecule has 126 valence electrons. The number of hydrogen-bond acceptors (Lipinski definition) is 1. The summed E-state index contributed by atoms with van der Waals surface area (Å²) in [5.74, 6) is 6.39. The van der Waals surface area contributed by atoms with Gasteiger partial charge in [0.2, 0.25) is 5.91 Å². The molecule has 0 fully saturated rings. The van der Waals surface area contributed by atoms with Crippen LogP contribution >= 0.6 is 0 Å². The van der Waals surface area contributed by atoms with Gasteiger partial charge < -0.3 is 4.90 Å². The lowest BCUT2D eigenvalue weighted by Crippen LogP contribution is -2.29. The van der Waals surface area contributed by atoms with Crippen LogP contribution in [0, 0.1) is 11.8 Å². The molecule has 2 aromatic rings. The van der Waals surface area contributed by atoms with Crippen LogP contribution in [0.2, 0.25) is 0 Å². The monoisotopic (exact) mass is 321 g/mol. The van der Waals surface area contributed by atoms with Gasteiger partial charge in [0, 0.05) is 18.1 Å². The van der Waals surface area contributed by atoms with Gasteiger partial charge in [-0.3, -0.25) is 4.79 Å². The molecule has 1 aliphatic heterocycles. The molecule has 0 saturated carbocycles. The first kappa shape index (κ1) is 19.5. The summed E-state index contributed by atoms with van der Waals surface area (Å²) in [7, 11) is 0. The predicted octanol–water partition coefficient (Wildman–Crippen LogP) is 5.40. The lowest BCUT2D eigenvalue weighted by Gasteiger charge is -2.24. The molecule has 1 aliphatic rings. The Hall–Kier alpha value is -2.53. The smallest absolute Gasteiger partial charge is 0.224 e. The first-order valence-electron chi connectivity index (χ1n) is 8.64. The van der Waals surface area contributed by atoms with Crippen molar-refractivity contribution in [2.75, 3.05) is 4.90 Å². The Bertz CT molecular complexity index is 722. The molecule has 0 N–H and O–H groups in total. The third-order valence-corrected chi connectivity index (χ3v) is 3.25. The van der Waals surface area contributed by atoms with Gasteiger partial charge >= 0.3 is 0 Å². The van der Waals surface area contributed by atoms with E-state index in [1.54, 1.807) is 11.8 Å². The van der Waals surface area contributed by atoms with E-state index in [-0.39, 0.29) is 5.91 Å². The summed E-state index contributed by atoms with van der Waals surface area (Å²) >= 11 is 0. The lowest BCUT2D eigenvalue weighted by molar-refractivity contribution is -0.116. The Morgan fingerprint density at radius 2 is 1.46 bits per heavy atom. The molecule has 1 heterocycles. The highest BCUT2D eigenvalue weighted by atomic mass is 16.2. The Kier molecular flexibility index (Phi) is 8.36. The highest BCUT2D eigenvalue weighted by Gasteiger charge is 2.17. The van der Waals surface area contributed by atoms with Crippen molar-refractivity contribution in [2.24, 2.45) is 0 Å². The van der Waals surface area contributed by atoms with Gasteiger partial charge in [-0.05, 0) is 23.8 Å². The van der Waals surface area contributed by atoms with Gasteiger partial charge in [0.1, 0.15) is 0 Å². The molecular weight excluding hydrogens is 294 g/mol. The number of anilines is 1. The molecule has 0 atom stereocenters. The fourth-order valence-electron chi connectivity index (χ4n) is 2.27. The molecule has 2 nitrogen and oxygen atoms in total. The largest absolute Gasteiger partial charge is 0.307 e. The number of carbonyl (C=O) groups excluding carboxylic acids is 1. The Labute approximate surface area is 146 Å². The van der Waals surface area contributed by atoms with Crippen LogP contribution in [0.15, 0.2) is 48.5 Å². The molecule has 0 bridgehead atoms. The summed E-state index contributed by atoms with van der Waals surface area (Å²) in [5.41, 5.74) is 3.85. The van der Waals surface area contributed by atoms with E-state index in [1.165, 1.54) is 6.42 Å². The zero-order valence-corrected chi connectivity index (χ0v) is 15.4. The minimum Gasteiger partial charge on any atom is -0.307 e. The molecule has 1 amide bonds. The second-order valence-corrected chi connectivity index (χ2v) is 5.24. The van der Waals surface area contributed by atoms with Crippen LogP contribution in [-0.2, 0) is 11.3 Å². The van der Waals surface area contributed by atoms with Gasteiger partial charge in [-0.2, -0.15) is 0 Å². The van der Waals surface area contributed by atoms with Crippen LogP contribution in [0.25, 0.3) is 0 Å². The summed E-state index contributed by atoms with van der Waals surface area (Å²) in [6.07, 6.45) is 1.25. The molecule has 0 spiro atoms. The first-order chi connectivity index (χ1) is 11.7. The van der Waals surface area contributed by atoms with Crippen LogP contribution in [0.1, 0.15) is 57.7 Å². The van der Waals surface area contributed by atoms with Crippen LogP contribution in [0.4, 0.5) is 5.69 Å². The fourth-order valence-corrected chi connectivity index (χ4v) is 2.27. The zero-order chi connectivity index (χ0) is 17.9. The second-order valence-electron chi connectivity index (χ2n) is 5.24. The quantitative estimate of drug-likeness (QED) is 0.595. The highest BCUT2D eigenvalue weighted by Crippen LogP contribution is 2.25. The third kappa shape index (κ3) is 4.99. The maximum absolute atomic E-state index is 11.9. The topological polar surface area (TPSA) is 20.3 Å². The van der Waals surface area contributed by atoms with E-state index in [2.05, 4.69) is 25.7 Å².